The number of halogens is 1. The van der Waals surface area contributed by atoms with Crippen molar-refractivity contribution in [2.45, 2.75) is 46.0 Å². The van der Waals surface area contributed by atoms with E-state index in [2.05, 4.69) is 26.2 Å². The van der Waals surface area contributed by atoms with Crippen LogP contribution in [-0.4, -0.2) is 23.5 Å². The molecule has 1 aliphatic rings. The molecule has 1 aromatic rings. The van der Waals surface area contributed by atoms with Crippen molar-refractivity contribution >= 4 is 39.1 Å². The minimum Gasteiger partial charge on any atom is -0.463 e. The highest BCUT2D eigenvalue weighted by Crippen LogP contribution is 2.25. The predicted octanol–water partition coefficient (Wildman–Crippen LogP) is 3.59. The molecular weight excluding hydrogens is 380 g/mol. The molecule has 5 nitrogen and oxygen atoms in total. The number of aromatic nitrogens is 1. The molecule has 0 aliphatic heterocycles. The third-order valence-electron chi connectivity index (χ3n) is 3.74. The first kappa shape index (κ1) is 18.1. The molecule has 2 rings (SSSR count). The number of amides is 1. The molecule has 1 aliphatic carbocycles. The Balaban J connectivity index is 2.02. The van der Waals surface area contributed by atoms with Crippen LogP contribution in [0.2, 0.25) is 0 Å². The lowest BCUT2D eigenvalue weighted by molar-refractivity contribution is -0.138. The lowest BCUT2D eigenvalue weighted by Gasteiger charge is -2.21. The number of allylic oxidation sites excluding steroid dienone is 1. The van der Waals surface area contributed by atoms with Crippen molar-refractivity contribution in [1.29, 1.82) is 0 Å². The van der Waals surface area contributed by atoms with Crippen LogP contribution in [0.25, 0.3) is 0 Å². The van der Waals surface area contributed by atoms with Crippen LogP contribution in [0.3, 0.4) is 0 Å². The van der Waals surface area contributed by atoms with Gasteiger partial charge in [0.25, 0.3) is 0 Å². The van der Waals surface area contributed by atoms with Gasteiger partial charge in [-0.2, -0.15) is 0 Å². The van der Waals surface area contributed by atoms with Gasteiger partial charge in [0.05, 0.1) is 12.2 Å². The number of carbonyl (C=O) groups is 2. The molecule has 1 atom stereocenters. The van der Waals surface area contributed by atoms with Gasteiger partial charge < -0.3 is 10.1 Å². The van der Waals surface area contributed by atoms with Crippen LogP contribution < -0.4 is 5.32 Å². The number of esters is 1. The number of carbonyl (C=O) groups excluding carboxylic acids is 2. The van der Waals surface area contributed by atoms with E-state index in [1.54, 1.807) is 13.1 Å². The Morgan fingerprint density at radius 3 is 2.83 bits per heavy atom. The number of ether oxygens (including phenoxy) is 1. The zero-order valence-electron chi connectivity index (χ0n) is 13.4. The Hall–Kier alpha value is -1.21. The maximum Gasteiger partial charge on any atom is 0.335 e. The Bertz CT molecular complexity index is 612. The maximum absolute atomic E-state index is 12.4. The highest BCUT2D eigenvalue weighted by molar-refractivity contribution is 9.11. The monoisotopic (exact) mass is 400 g/mol. The molecule has 1 unspecified atom stereocenters. The summed E-state index contributed by atoms with van der Waals surface area (Å²) in [6.45, 7) is 4.02. The normalized spacial score (nSPS) is 16.1. The van der Waals surface area contributed by atoms with E-state index in [9.17, 15) is 9.59 Å². The maximum atomic E-state index is 12.4. The average molecular weight is 401 g/mol. The number of nitrogens with zero attached hydrogens (tertiary/aromatic N) is 1. The summed E-state index contributed by atoms with van der Waals surface area (Å²) in [7, 11) is 0. The third kappa shape index (κ3) is 5.14. The van der Waals surface area contributed by atoms with Crippen molar-refractivity contribution in [1.82, 2.24) is 10.3 Å². The SMILES string of the molecule is CCOC(=O)C1=C(NC(=O)C(C)Cc2cnc(Br)s2)CCCC1. The number of rotatable bonds is 6. The smallest absolute Gasteiger partial charge is 0.335 e. The Morgan fingerprint density at radius 1 is 1.43 bits per heavy atom. The van der Waals surface area contributed by atoms with E-state index in [-0.39, 0.29) is 17.8 Å². The first-order valence-electron chi connectivity index (χ1n) is 7.81. The van der Waals surface area contributed by atoms with Crippen molar-refractivity contribution in [3.8, 4) is 0 Å². The summed E-state index contributed by atoms with van der Waals surface area (Å²) in [4.78, 5) is 29.6. The number of nitrogens with one attached hydrogen (secondary N) is 1. The Morgan fingerprint density at radius 2 is 2.17 bits per heavy atom. The molecule has 23 heavy (non-hydrogen) atoms. The second-order valence-corrected chi connectivity index (χ2v) is 7.95. The van der Waals surface area contributed by atoms with Gasteiger partial charge >= 0.3 is 5.97 Å². The summed E-state index contributed by atoms with van der Waals surface area (Å²) >= 11 is 4.86. The Kier molecular flexibility index (Phi) is 6.77. The molecule has 0 bridgehead atoms. The topological polar surface area (TPSA) is 68.3 Å². The van der Waals surface area contributed by atoms with E-state index >= 15 is 0 Å². The summed E-state index contributed by atoms with van der Waals surface area (Å²) in [6, 6.07) is 0. The lowest BCUT2D eigenvalue weighted by atomic mass is 9.95. The molecule has 1 amide bonds. The molecule has 1 N–H and O–H groups in total. The average Bonchev–Trinajstić information content (AvgIpc) is 2.93. The first-order valence-corrected chi connectivity index (χ1v) is 9.42. The van der Waals surface area contributed by atoms with Gasteiger partial charge in [0.15, 0.2) is 3.92 Å². The van der Waals surface area contributed by atoms with Gasteiger partial charge in [0.1, 0.15) is 0 Å². The van der Waals surface area contributed by atoms with Gasteiger partial charge in [-0.3, -0.25) is 4.79 Å². The second-order valence-electron chi connectivity index (χ2n) is 5.56. The molecule has 0 saturated carbocycles. The van der Waals surface area contributed by atoms with Crippen molar-refractivity contribution in [3.63, 3.8) is 0 Å². The van der Waals surface area contributed by atoms with Gasteiger partial charge in [0, 0.05) is 22.7 Å². The predicted molar refractivity (Wildman–Crippen MR) is 93.0 cm³/mol. The molecule has 0 spiro atoms. The summed E-state index contributed by atoms with van der Waals surface area (Å²) in [6.07, 6.45) is 5.75. The quantitative estimate of drug-likeness (QED) is 0.740. The minimum absolute atomic E-state index is 0.0618. The molecule has 0 saturated heterocycles. The second kappa shape index (κ2) is 8.59. The van der Waals surface area contributed by atoms with E-state index < -0.39 is 0 Å². The van der Waals surface area contributed by atoms with Crippen LogP contribution in [0.1, 0.15) is 44.4 Å². The fourth-order valence-electron chi connectivity index (χ4n) is 2.53. The number of hydrogen-bond acceptors (Lipinski definition) is 5. The summed E-state index contributed by atoms with van der Waals surface area (Å²) in [5, 5.41) is 2.95. The van der Waals surface area contributed by atoms with Crippen LogP contribution in [0.4, 0.5) is 0 Å². The van der Waals surface area contributed by atoms with Gasteiger partial charge in [0.2, 0.25) is 5.91 Å². The van der Waals surface area contributed by atoms with Crippen molar-refractivity contribution < 1.29 is 14.3 Å². The van der Waals surface area contributed by atoms with Crippen molar-refractivity contribution in [2.75, 3.05) is 6.61 Å². The Labute approximate surface area is 148 Å². The van der Waals surface area contributed by atoms with E-state index in [0.29, 0.717) is 25.0 Å². The van der Waals surface area contributed by atoms with Gasteiger partial charge in [-0.05, 0) is 55.0 Å². The van der Waals surface area contributed by atoms with Crippen molar-refractivity contribution in [2.24, 2.45) is 5.92 Å². The number of thiazole rings is 1. The molecule has 126 valence electrons. The summed E-state index contributed by atoms with van der Waals surface area (Å²) < 4.78 is 5.91. The molecular formula is C16H21BrN2O3S. The zero-order chi connectivity index (χ0) is 16.8. The molecule has 0 radical (unpaired) electrons. The minimum atomic E-state index is -0.304. The van der Waals surface area contributed by atoms with Crippen LogP contribution in [0, 0.1) is 5.92 Å². The highest BCUT2D eigenvalue weighted by Gasteiger charge is 2.23. The largest absolute Gasteiger partial charge is 0.463 e. The van der Waals surface area contributed by atoms with E-state index in [4.69, 9.17) is 4.74 Å². The molecule has 1 aromatic heterocycles. The van der Waals surface area contributed by atoms with Crippen LogP contribution in [-0.2, 0) is 20.7 Å². The molecule has 7 heteroatoms. The highest BCUT2D eigenvalue weighted by atomic mass is 79.9. The van der Waals surface area contributed by atoms with Crippen LogP contribution in [0.15, 0.2) is 21.4 Å². The van der Waals surface area contributed by atoms with Crippen LogP contribution >= 0.6 is 27.3 Å². The van der Waals surface area contributed by atoms with E-state index in [0.717, 1.165) is 33.8 Å². The van der Waals surface area contributed by atoms with E-state index in [1.807, 2.05) is 6.92 Å². The third-order valence-corrected chi connectivity index (χ3v) is 5.24. The summed E-state index contributed by atoms with van der Waals surface area (Å²) in [5.74, 6) is -0.546. The first-order chi connectivity index (χ1) is 11.0. The fourth-order valence-corrected chi connectivity index (χ4v) is 4.02. The standard InChI is InChI=1S/C16H21BrN2O3S/c1-3-22-15(21)12-6-4-5-7-13(12)19-14(20)10(2)8-11-9-18-16(17)23-11/h9-10H,3-8H2,1-2H3,(H,19,20). The van der Waals surface area contributed by atoms with E-state index in [1.165, 1.54) is 11.3 Å². The molecule has 1 heterocycles. The van der Waals surface area contributed by atoms with Gasteiger partial charge in [-0.15, -0.1) is 11.3 Å². The summed E-state index contributed by atoms with van der Waals surface area (Å²) in [5.41, 5.74) is 1.36. The fraction of sp³-hybridized carbons (Fsp3) is 0.562. The van der Waals surface area contributed by atoms with Gasteiger partial charge in [-0.1, -0.05) is 6.92 Å². The molecule has 0 fully saturated rings. The lowest BCUT2D eigenvalue weighted by Crippen LogP contribution is -2.32. The van der Waals surface area contributed by atoms with Crippen LogP contribution in [0.5, 0.6) is 0 Å². The number of hydrogen-bond donors (Lipinski definition) is 1. The zero-order valence-corrected chi connectivity index (χ0v) is 15.8. The van der Waals surface area contributed by atoms with Crippen molar-refractivity contribution in [3.05, 3.63) is 26.3 Å². The molecule has 0 aromatic carbocycles. The van der Waals surface area contributed by atoms with Gasteiger partial charge in [-0.25, -0.2) is 9.78 Å².